The zero-order valence-corrected chi connectivity index (χ0v) is 13.4. The summed E-state index contributed by atoms with van der Waals surface area (Å²) in [6, 6.07) is 1.59. The summed E-state index contributed by atoms with van der Waals surface area (Å²) >= 11 is 6.97. The number of thiophene rings is 1. The topological polar surface area (TPSA) is 46.6 Å². The number of rotatable bonds is 4. The Morgan fingerprint density at radius 1 is 1.58 bits per heavy atom. The van der Waals surface area contributed by atoms with Gasteiger partial charge in [-0.1, -0.05) is 6.92 Å². The molecule has 19 heavy (non-hydrogen) atoms. The van der Waals surface area contributed by atoms with Gasteiger partial charge in [-0.25, -0.2) is 8.42 Å². The van der Waals surface area contributed by atoms with Crippen LogP contribution in [0, 0.1) is 0 Å². The smallest absolute Gasteiger partial charge is 0.252 e. The van der Waals surface area contributed by atoms with Gasteiger partial charge >= 0.3 is 0 Å². The van der Waals surface area contributed by atoms with Crippen molar-refractivity contribution in [2.75, 3.05) is 13.2 Å². The second-order valence-corrected chi connectivity index (χ2v) is 7.98. The number of alkyl halides is 1. The van der Waals surface area contributed by atoms with E-state index >= 15 is 0 Å². The SMILES string of the molecule is CCC1COC(C)CN1S(=O)(=O)c1cc(CCl)cs1. The first-order valence-corrected chi connectivity index (χ1v) is 9.11. The molecular formula is C12H18ClNO3S2. The Kier molecular flexibility index (Phi) is 4.89. The fourth-order valence-corrected chi connectivity index (χ4v) is 5.45. The van der Waals surface area contributed by atoms with Crippen LogP contribution >= 0.6 is 22.9 Å². The van der Waals surface area contributed by atoms with Crippen molar-refractivity contribution in [1.82, 2.24) is 4.31 Å². The van der Waals surface area contributed by atoms with E-state index in [0.717, 1.165) is 12.0 Å². The van der Waals surface area contributed by atoms with Crippen molar-refractivity contribution in [3.05, 3.63) is 17.0 Å². The average Bonchev–Trinajstić information content (AvgIpc) is 2.88. The van der Waals surface area contributed by atoms with Gasteiger partial charge in [-0.3, -0.25) is 0 Å². The molecule has 1 saturated heterocycles. The molecule has 2 unspecified atom stereocenters. The first-order valence-electron chi connectivity index (χ1n) is 6.25. The van der Waals surface area contributed by atoms with Gasteiger partial charge in [-0.15, -0.1) is 22.9 Å². The van der Waals surface area contributed by atoms with Crippen LogP contribution in [0.4, 0.5) is 0 Å². The number of ether oxygens (including phenoxy) is 1. The maximum atomic E-state index is 12.7. The standard InChI is InChI=1S/C12H18ClNO3S2/c1-3-11-7-17-9(2)6-14(11)19(15,16)12-4-10(5-13)8-18-12/h4,8-9,11H,3,5-7H2,1-2H3. The Balaban J connectivity index is 2.30. The molecule has 0 aliphatic carbocycles. The van der Waals surface area contributed by atoms with Crippen LogP contribution in [0.25, 0.3) is 0 Å². The molecule has 7 heteroatoms. The van der Waals surface area contributed by atoms with Gasteiger partial charge < -0.3 is 4.74 Å². The minimum absolute atomic E-state index is 0.0648. The largest absolute Gasteiger partial charge is 0.375 e. The molecule has 2 atom stereocenters. The van der Waals surface area contributed by atoms with Gasteiger partial charge in [-0.05, 0) is 30.4 Å². The van der Waals surface area contributed by atoms with Gasteiger partial charge in [0.2, 0.25) is 0 Å². The summed E-state index contributed by atoms with van der Waals surface area (Å²) < 4.78 is 32.8. The third kappa shape index (κ3) is 3.13. The Bertz CT molecular complexity index is 529. The molecule has 2 heterocycles. The lowest BCUT2D eigenvalue weighted by atomic mass is 10.2. The number of morpholine rings is 1. The molecule has 0 radical (unpaired) electrons. The predicted molar refractivity (Wildman–Crippen MR) is 77.3 cm³/mol. The van der Waals surface area contributed by atoms with Crippen LogP contribution in [0.5, 0.6) is 0 Å². The highest BCUT2D eigenvalue weighted by Crippen LogP contribution is 2.28. The molecular weight excluding hydrogens is 306 g/mol. The van der Waals surface area contributed by atoms with Crippen LogP contribution < -0.4 is 0 Å². The Hall–Kier alpha value is -0.140. The van der Waals surface area contributed by atoms with E-state index in [9.17, 15) is 8.42 Å². The summed E-state index contributed by atoms with van der Waals surface area (Å²) in [5.74, 6) is 0.336. The number of hydrogen-bond acceptors (Lipinski definition) is 4. The van der Waals surface area contributed by atoms with Crippen molar-refractivity contribution in [3.8, 4) is 0 Å². The van der Waals surface area contributed by atoms with Crippen molar-refractivity contribution in [2.45, 2.75) is 42.5 Å². The highest BCUT2D eigenvalue weighted by Gasteiger charge is 2.36. The highest BCUT2D eigenvalue weighted by atomic mass is 35.5. The monoisotopic (exact) mass is 323 g/mol. The minimum atomic E-state index is -3.43. The van der Waals surface area contributed by atoms with E-state index in [1.807, 2.05) is 13.8 Å². The van der Waals surface area contributed by atoms with Gasteiger partial charge in [0, 0.05) is 18.5 Å². The fraction of sp³-hybridized carbons (Fsp3) is 0.667. The molecule has 1 aliphatic heterocycles. The molecule has 1 fully saturated rings. The van der Waals surface area contributed by atoms with E-state index < -0.39 is 10.0 Å². The summed E-state index contributed by atoms with van der Waals surface area (Å²) in [4.78, 5) is 0. The van der Waals surface area contributed by atoms with Crippen LogP contribution in [0.1, 0.15) is 25.8 Å². The Morgan fingerprint density at radius 2 is 2.32 bits per heavy atom. The number of halogens is 1. The third-order valence-corrected chi connectivity index (χ3v) is 6.93. The summed E-state index contributed by atoms with van der Waals surface area (Å²) in [7, 11) is -3.43. The highest BCUT2D eigenvalue weighted by molar-refractivity contribution is 7.91. The molecule has 0 spiro atoms. The van der Waals surface area contributed by atoms with Crippen LogP contribution in [0.15, 0.2) is 15.7 Å². The maximum absolute atomic E-state index is 12.7. The Labute approximate surface area is 123 Å². The van der Waals surface area contributed by atoms with Crippen molar-refractivity contribution < 1.29 is 13.2 Å². The molecule has 0 N–H and O–H groups in total. The molecule has 0 amide bonds. The molecule has 0 bridgehead atoms. The number of hydrogen-bond donors (Lipinski definition) is 0. The van der Waals surface area contributed by atoms with Gasteiger partial charge in [-0.2, -0.15) is 4.31 Å². The van der Waals surface area contributed by atoms with Crippen LogP contribution in [-0.2, 0) is 20.6 Å². The van der Waals surface area contributed by atoms with E-state index in [1.165, 1.54) is 11.3 Å². The lowest BCUT2D eigenvalue weighted by Crippen LogP contribution is -2.50. The summed E-state index contributed by atoms with van der Waals surface area (Å²) in [5, 5.41) is 1.80. The first-order chi connectivity index (χ1) is 8.98. The van der Waals surface area contributed by atoms with E-state index in [-0.39, 0.29) is 12.1 Å². The van der Waals surface area contributed by atoms with Gasteiger partial charge in [0.15, 0.2) is 0 Å². The van der Waals surface area contributed by atoms with Crippen molar-refractivity contribution in [3.63, 3.8) is 0 Å². The Morgan fingerprint density at radius 3 is 2.89 bits per heavy atom. The molecule has 0 aromatic carbocycles. The zero-order valence-electron chi connectivity index (χ0n) is 11.0. The van der Waals surface area contributed by atoms with Crippen LogP contribution in [-0.4, -0.2) is 38.0 Å². The van der Waals surface area contributed by atoms with E-state index in [2.05, 4.69) is 0 Å². The molecule has 1 aliphatic rings. The quantitative estimate of drug-likeness (QED) is 0.800. The second kappa shape index (κ2) is 6.10. The molecule has 0 saturated carbocycles. The number of sulfonamides is 1. The second-order valence-electron chi connectivity index (χ2n) is 4.69. The lowest BCUT2D eigenvalue weighted by Gasteiger charge is -2.36. The minimum Gasteiger partial charge on any atom is -0.375 e. The molecule has 2 rings (SSSR count). The zero-order chi connectivity index (χ0) is 14.0. The van der Waals surface area contributed by atoms with Crippen LogP contribution in [0.2, 0.25) is 0 Å². The van der Waals surface area contributed by atoms with Gasteiger partial charge in [0.25, 0.3) is 10.0 Å². The maximum Gasteiger partial charge on any atom is 0.252 e. The normalized spacial score (nSPS) is 25.6. The predicted octanol–water partition coefficient (Wildman–Crippen LogP) is 2.67. The summed E-state index contributed by atoms with van der Waals surface area (Å²) in [6.45, 7) is 4.75. The average molecular weight is 324 g/mol. The molecule has 108 valence electrons. The van der Waals surface area contributed by atoms with Crippen molar-refractivity contribution in [1.29, 1.82) is 0 Å². The molecule has 1 aromatic rings. The van der Waals surface area contributed by atoms with Crippen molar-refractivity contribution in [2.24, 2.45) is 0 Å². The summed E-state index contributed by atoms with van der Waals surface area (Å²) in [6.07, 6.45) is 0.685. The van der Waals surface area contributed by atoms with E-state index in [4.69, 9.17) is 16.3 Å². The van der Waals surface area contributed by atoms with Gasteiger partial charge in [0.05, 0.1) is 12.7 Å². The first kappa shape index (κ1) is 15.3. The van der Waals surface area contributed by atoms with E-state index in [0.29, 0.717) is 23.2 Å². The fourth-order valence-electron chi connectivity index (χ4n) is 2.10. The lowest BCUT2D eigenvalue weighted by molar-refractivity contribution is -0.0229. The van der Waals surface area contributed by atoms with E-state index in [1.54, 1.807) is 15.8 Å². The molecule has 4 nitrogen and oxygen atoms in total. The molecule has 1 aromatic heterocycles. The van der Waals surface area contributed by atoms with Crippen molar-refractivity contribution >= 4 is 33.0 Å². The third-order valence-electron chi connectivity index (χ3n) is 3.24. The van der Waals surface area contributed by atoms with Gasteiger partial charge in [0.1, 0.15) is 4.21 Å². The van der Waals surface area contributed by atoms with Crippen LogP contribution in [0.3, 0.4) is 0 Å². The summed E-state index contributed by atoms with van der Waals surface area (Å²) in [5.41, 5.74) is 0.847. The number of nitrogens with zero attached hydrogens (tertiary/aromatic N) is 1.